The molecule has 4 aliphatic rings. The summed E-state index contributed by atoms with van der Waals surface area (Å²) in [5.41, 5.74) is 0. The van der Waals surface area contributed by atoms with Gasteiger partial charge >= 0.3 is 0 Å². The molecule has 1 aromatic rings. The van der Waals surface area contributed by atoms with Crippen molar-refractivity contribution in [2.75, 3.05) is 26.2 Å². The van der Waals surface area contributed by atoms with Crippen LogP contribution in [-0.2, 0) is 0 Å². The second-order valence-electron chi connectivity index (χ2n) is 6.76. The molecule has 2 N–H and O–H groups in total. The fraction of sp³-hybridized carbons (Fsp3) is 0.625. The van der Waals surface area contributed by atoms with Crippen LogP contribution in [0.15, 0.2) is 24.3 Å². The summed E-state index contributed by atoms with van der Waals surface area (Å²) < 4.78 is 5.53. The predicted octanol–water partition coefficient (Wildman–Crippen LogP) is 1.70. The standard InChI is InChI=1S/C16H24N4P2/c1-2-8-16(22-18-12-14-6-4-10-20(14)22)15(7-1)21-17-11-13-5-3-9-19(13)21/h1-2,7-8,13-14,17-18H,3-6,9-12H2/t13-,14-,21?,22?/m0/s1. The molecule has 6 heteroatoms. The highest BCUT2D eigenvalue weighted by Gasteiger charge is 2.42. The summed E-state index contributed by atoms with van der Waals surface area (Å²) in [6, 6.07) is 10.8. The average Bonchev–Trinajstić information content (AvgIpc) is 3.28. The Kier molecular flexibility index (Phi) is 3.75. The van der Waals surface area contributed by atoms with Crippen molar-refractivity contribution >= 4 is 27.1 Å². The minimum absolute atomic E-state index is 0.303. The summed E-state index contributed by atoms with van der Waals surface area (Å²) in [4.78, 5) is 0. The molecule has 0 spiro atoms. The van der Waals surface area contributed by atoms with Crippen LogP contribution in [0.25, 0.3) is 0 Å². The van der Waals surface area contributed by atoms with Crippen LogP contribution in [0.5, 0.6) is 0 Å². The molecule has 4 saturated heterocycles. The Bertz CT molecular complexity index is 520. The SMILES string of the molecule is c1ccc(P2NC[C@@H]3CCCN32)c(P2NC[C@@H]3CCCN32)c1. The number of rotatable bonds is 2. The zero-order valence-electron chi connectivity index (χ0n) is 12.9. The van der Waals surface area contributed by atoms with Gasteiger partial charge in [-0.2, -0.15) is 0 Å². The maximum Gasteiger partial charge on any atom is 0.0707 e. The molecule has 4 aliphatic heterocycles. The van der Waals surface area contributed by atoms with Crippen molar-refractivity contribution < 1.29 is 0 Å². The first-order valence-electron chi connectivity index (χ1n) is 8.61. The van der Waals surface area contributed by atoms with Gasteiger partial charge in [0.25, 0.3) is 0 Å². The van der Waals surface area contributed by atoms with Crippen molar-refractivity contribution in [1.82, 2.24) is 19.5 Å². The number of nitrogens with one attached hydrogen (secondary N) is 2. The molecule has 4 atom stereocenters. The maximum atomic E-state index is 3.85. The second-order valence-corrected chi connectivity index (χ2v) is 10.6. The summed E-state index contributed by atoms with van der Waals surface area (Å²) in [6.07, 6.45) is 5.54. The maximum absolute atomic E-state index is 3.85. The number of hydrogen-bond donors (Lipinski definition) is 2. The van der Waals surface area contributed by atoms with Crippen molar-refractivity contribution in [1.29, 1.82) is 0 Å². The smallest absolute Gasteiger partial charge is 0.0707 e. The summed E-state index contributed by atoms with van der Waals surface area (Å²) in [6.45, 7) is 4.96. The van der Waals surface area contributed by atoms with E-state index < -0.39 is 0 Å². The van der Waals surface area contributed by atoms with Gasteiger partial charge < -0.3 is 0 Å². The summed E-state index contributed by atoms with van der Waals surface area (Å²) >= 11 is 0. The number of benzene rings is 1. The minimum Gasteiger partial charge on any atom is -0.278 e. The number of fused-ring (bicyclic) bond motifs is 2. The fourth-order valence-corrected chi connectivity index (χ4v) is 9.78. The first-order valence-corrected chi connectivity index (χ1v) is 11.2. The van der Waals surface area contributed by atoms with Gasteiger partial charge in [0.05, 0.1) is 16.4 Å². The van der Waals surface area contributed by atoms with E-state index in [0.717, 1.165) is 12.1 Å². The van der Waals surface area contributed by atoms with E-state index in [0.29, 0.717) is 0 Å². The molecule has 0 bridgehead atoms. The van der Waals surface area contributed by atoms with Crippen molar-refractivity contribution in [2.45, 2.75) is 37.8 Å². The largest absolute Gasteiger partial charge is 0.278 e. The van der Waals surface area contributed by atoms with E-state index in [4.69, 9.17) is 0 Å². The van der Waals surface area contributed by atoms with Crippen LogP contribution >= 0.6 is 16.4 Å². The predicted molar refractivity (Wildman–Crippen MR) is 95.0 cm³/mol. The van der Waals surface area contributed by atoms with Crippen LogP contribution in [0.4, 0.5) is 0 Å². The molecule has 4 nitrogen and oxygen atoms in total. The van der Waals surface area contributed by atoms with E-state index in [2.05, 4.69) is 43.8 Å². The second kappa shape index (κ2) is 5.77. The molecule has 22 heavy (non-hydrogen) atoms. The van der Waals surface area contributed by atoms with Gasteiger partial charge in [-0.3, -0.25) is 19.5 Å². The number of nitrogens with zero attached hydrogens (tertiary/aromatic N) is 2. The molecule has 0 aliphatic carbocycles. The fourth-order valence-electron chi connectivity index (χ4n) is 4.42. The third-order valence-corrected chi connectivity index (χ3v) is 10.4. The van der Waals surface area contributed by atoms with Gasteiger partial charge in [0.1, 0.15) is 0 Å². The Morgan fingerprint density at radius 3 is 1.82 bits per heavy atom. The number of hydrogen-bond acceptors (Lipinski definition) is 4. The van der Waals surface area contributed by atoms with Crippen LogP contribution in [0.1, 0.15) is 25.7 Å². The van der Waals surface area contributed by atoms with Crippen molar-refractivity contribution in [3.05, 3.63) is 24.3 Å². The molecule has 4 fully saturated rings. The van der Waals surface area contributed by atoms with Crippen LogP contribution < -0.4 is 20.8 Å². The van der Waals surface area contributed by atoms with Crippen LogP contribution in [-0.4, -0.2) is 47.6 Å². The molecule has 4 heterocycles. The van der Waals surface area contributed by atoms with Crippen molar-refractivity contribution in [3.8, 4) is 0 Å². The van der Waals surface area contributed by atoms with Gasteiger partial charge in [-0.15, -0.1) is 0 Å². The topological polar surface area (TPSA) is 30.5 Å². The highest BCUT2D eigenvalue weighted by molar-refractivity contribution is 7.68. The van der Waals surface area contributed by atoms with Crippen molar-refractivity contribution in [2.24, 2.45) is 0 Å². The lowest BCUT2D eigenvalue weighted by Gasteiger charge is -2.29. The van der Waals surface area contributed by atoms with Crippen LogP contribution in [0.2, 0.25) is 0 Å². The quantitative estimate of drug-likeness (QED) is 0.806. The molecule has 1 aromatic carbocycles. The Balaban J connectivity index is 1.49. The lowest BCUT2D eigenvalue weighted by Crippen LogP contribution is -2.34. The van der Waals surface area contributed by atoms with Gasteiger partial charge in [0, 0.05) is 48.9 Å². The normalized spacial score (nSPS) is 38.5. The van der Waals surface area contributed by atoms with Gasteiger partial charge in [0.2, 0.25) is 0 Å². The molecule has 0 radical (unpaired) electrons. The third-order valence-electron chi connectivity index (χ3n) is 5.50. The van der Waals surface area contributed by atoms with Gasteiger partial charge in [-0.25, -0.2) is 0 Å². The first-order chi connectivity index (χ1) is 10.9. The Morgan fingerprint density at radius 2 is 1.32 bits per heavy atom. The molecule has 5 rings (SSSR count). The Morgan fingerprint density at radius 1 is 0.818 bits per heavy atom. The summed E-state index contributed by atoms with van der Waals surface area (Å²) in [5.74, 6) is 0. The summed E-state index contributed by atoms with van der Waals surface area (Å²) in [7, 11) is -0.605. The van der Waals surface area contributed by atoms with Crippen molar-refractivity contribution in [3.63, 3.8) is 0 Å². The van der Waals surface area contributed by atoms with E-state index in [9.17, 15) is 0 Å². The van der Waals surface area contributed by atoms with E-state index in [1.165, 1.54) is 51.9 Å². The molecule has 118 valence electrons. The lowest BCUT2D eigenvalue weighted by atomic mass is 10.2. The Labute approximate surface area is 135 Å². The molecular formula is C16H24N4P2. The zero-order chi connectivity index (χ0) is 14.5. The van der Waals surface area contributed by atoms with Gasteiger partial charge in [0.15, 0.2) is 0 Å². The van der Waals surface area contributed by atoms with E-state index in [-0.39, 0.29) is 16.4 Å². The van der Waals surface area contributed by atoms with Crippen LogP contribution in [0.3, 0.4) is 0 Å². The zero-order valence-corrected chi connectivity index (χ0v) is 14.7. The third kappa shape index (κ3) is 2.20. The molecule has 0 aromatic heterocycles. The first kappa shape index (κ1) is 14.3. The molecule has 0 saturated carbocycles. The van der Waals surface area contributed by atoms with E-state index in [1.54, 1.807) is 10.6 Å². The average molecular weight is 334 g/mol. The highest BCUT2D eigenvalue weighted by Crippen LogP contribution is 2.50. The summed E-state index contributed by atoms with van der Waals surface area (Å²) in [5, 5.41) is 10.9. The monoisotopic (exact) mass is 334 g/mol. The minimum atomic E-state index is -0.303. The van der Waals surface area contributed by atoms with E-state index >= 15 is 0 Å². The lowest BCUT2D eigenvalue weighted by molar-refractivity contribution is 0.464. The van der Waals surface area contributed by atoms with Crippen LogP contribution in [0, 0.1) is 0 Å². The molecular weight excluding hydrogens is 310 g/mol. The van der Waals surface area contributed by atoms with Gasteiger partial charge in [-0.1, -0.05) is 24.3 Å². The molecule has 0 amide bonds. The van der Waals surface area contributed by atoms with E-state index in [1.807, 2.05) is 0 Å². The highest BCUT2D eigenvalue weighted by atomic mass is 31.1. The van der Waals surface area contributed by atoms with Gasteiger partial charge in [-0.05, 0) is 25.7 Å². The Hall–Kier alpha value is -0.0800. The molecule has 2 unspecified atom stereocenters.